The Bertz CT molecular complexity index is 792. The van der Waals surface area contributed by atoms with Crippen LogP contribution in [0.1, 0.15) is 39.3 Å². The summed E-state index contributed by atoms with van der Waals surface area (Å²) in [4.78, 5) is 22.7. The molecule has 1 unspecified atom stereocenters. The van der Waals surface area contributed by atoms with Crippen LogP contribution in [0.25, 0.3) is 0 Å². The molecule has 0 saturated heterocycles. The lowest BCUT2D eigenvalue weighted by Gasteiger charge is -2.22. The van der Waals surface area contributed by atoms with Crippen LogP contribution in [0.15, 0.2) is 30.6 Å². The molecule has 1 heterocycles. The van der Waals surface area contributed by atoms with Gasteiger partial charge in [0, 0.05) is 0 Å². The summed E-state index contributed by atoms with van der Waals surface area (Å²) in [7, 11) is 1.53. The lowest BCUT2D eigenvalue weighted by Crippen LogP contribution is -2.24. The Labute approximate surface area is 145 Å². The summed E-state index contributed by atoms with van der Waals surface area (Å²) in [5.41, 5.74) is 1.35. The van der Waals surface area contributed by atoms with E-state index in [2.05, 4.69) is 31.2 Å². The summed E-state index contributed by atoms with van der Waals surface area (Å²) in [5, 5.41) is 17.4. The molecule has 8 nitrogen and oxygen atoms in total. The van der Waals surface area contributed by atoms with Crippen LogP contribution in [0.3, 0.4) is 0 Å². The molecule has 8 heteroatoms. The second-order valence-corrected chi connectivity index (χ2v) is 6.77. The molecule has 1 atom stereocenters. The molecular formula is C17H22N4O4. The highest BCUT2D eigenvalue weighted by molar-refractivity contribution is 5.95. The molecule has 0 aliphatic heterocycles. The van der Waals surface area contributed by atoms with Gasteiger partial charge in [-0.05, 0) is 30.0 Å². The Kier molecular flexibility index (Phi) is 5.10. The van der Waals surface area contributed by atoms with Crippen LogP contribution >= 0.6 is 0 Å². The van der Waals surface area contributed by atoms with Gasteiger partial charge in [0.05, 0.1) is 17.7 Å². The zero-order valence-electron chi connectivity index (χ0n) is 14.9. The van der Waals surface area contributed by atoms with Crippen molar-refractivity contribution in [3.05, 3.63) is 46.3 Å². The van der Waals surface area contributed by atoms with Gasteiger partial charge < -0.3 is 10.1 Å². The first-order valence-electron chi connectivity index (χ1n) is 7.81. The summed E-state index contributed by atoms with van der Waals surface area (Å²) in [6.07, 6.45) is 2.34. The van der Waals surface area contributed by atoms with E-state index in [1.54, 1.807) is 13.0 Å². The molecule has 0 aliphatic carbocycles. The highest BCUT2D eigenvalue weighted by Gasteiger charge is 2.22. The average Bonchev–Trinajstić information content (AvgIpc) is 3.03. The highest BCUT2D eigenvalue weighted by Crippen LogP contribution is 2.32. The number of methoxy groups -OCH3 is 1. The average molecular weight is 346 g/mol. The maximum absolute atomic E-state index is 12.5. The second-order valence-electron chi connectivity index (χ2n) is 6.77. The zero-order valence-corrected chi connectivity index (χ0v) is 14.9. The molecule has 0 aliphatic rings. The van der Waals surface area contributed by atoms with Gasteiger partial charge in [-0.1, -0.05) is 26.8 Å². The van der Waals surface area contributed by atoms with Gasteiger partial charge >= 0.3 is 5.69 Å². The quantitative estimate of drug-likeness (QED) is 0.661. The number of nitro groups is 1. The van der Waals surface area contributed by atoms with Crippen molar-refractivity contribution in [3.8, 4) is 5.75 Å². The molecule has 134 valence electrons. The van der Waals surface area contributed by atoms with E-state index in [9.17, 15) is 14.9 Å². The van der Waals surface area contributed by atoms with Crippen molar-refractivity contribution in [3.63, 3.8) is 0 Å². The van der Waals surface area contributed by atoms with Crippen LogP contribution in [-0.2, 0) is 10.2 Å². The normalized spacial score (nSPS) is 12.5. The van der Waals surface area contributed by atoms with Crippen molar-refractivity contribution in [2.45, 2.75) is 39.2 Å². The SMILES string of the molecule is COc1ccc(C(C)(C)C)cc1NC(=O)C(C)n1cc([N+](=O)[O-])cn1. The topological polar surface area (TPSA) is 99.3 Å². The summed E-state index contributed by atoms with van der Waals surface area (Å²) in [6.45, 7) is 7.84. The van der Waals surface area contributed by atoms with E-state index in [4.69, 9.17) is 4.74 Å². The largest absolute Gasteiger partial charge is 0.495 e. The molecule has 1 N–H and O–H groups in total. The number of rotatable bonds is 5. The summed E-state index contributed by atoms with van der Waals surface area (Å²) < 4.78 is 6.57. The summed E-state index contributed by atoms with van der Waals surface area (Å²) in [6, 6.07) is 4.92. The smallest absolute Gasteiger partial charge is 0.307 e. The van der Waals surface area contributed by atoms with E-state index in [0.29, 0.717) is 11.4 Å². The first-order chi connectivity index (χ1) is 11.6. The molecule has 0 fully saturated rings. The number of hydrogen-bond donors (Lipinski definition) is 1. The maximum atomic E-state index is 12.5. The predicted molar refractivity (Wildman–Crippen MR) is 93.9 cm³/mol. The molecule has 1 amide bonds. The Balaban J connectivity index is 2.25. The molecule has 0 saturated carbocycles. The number of nitrogens with zero attached hydrogens (tertiary/aromatic N) is 3. The fourth-order valence-corrected chi connectivity index (χ4v) is 2.26. The molecule has 2 aromatic rings. The maximum Gasteiger partial charge on any atom is 0.307 e. The van der Waals surface area contributed by atoms with Gasteiger partial charge in [-0.25, -0.2) is 0 Å². The number of benzene rings is 1. The minimum absolute atomic E-state index is 0.0834. The molecule has 0 bridgehead atoms. The fourth-order valence-electron chi connectivity index (χ4n) is 2.26. The van der Waals surface area contributed by atoms with E-state index in [-0.39, 0.29) is 17.0 Å². The number of ether oxygens (including phenoxy) is 1. The Hall–Kier alpha value is -2.90. The Morgan fingerprint density at radius 1 is 1.40 bits per heavy atom. The molecule has 2 rings (SSSR count). The van der Waals surface area contributed by atoms with E-state index in [1.165, 1.54) is 18.0 Å². The van der Waals surface area contributed by atoms with Gasteiger partial charge in [0.1, 0.15) is 24.2 Å². The van der Waals surface area contributed by atoms with Crippen molar-refractivity contribution in [2.24, 2.45) is 0 Å². The number of nitrogens with one attached hydrogen (secondary N) is 1. The number of carbonyl (C=O) groups is 1. The minimum atomic E-state index is -0.711. The van der Waals surface area contributed by atoms with Crippen molar-refractivity contribution in [2.75, 3.05) is 12.4 Å². The van der Waals surface area contributed by atoms with Crippen LogP contribution in [-0.4, -0.2) is 27.7 Å². The molecule has 0 radical (unpaired) electrons. The van der Waals surface area contributed by atoms with Crippen molar-refractivity contribution in [1.29, 1.82) is 0 Å². The van der Waals surface area contributed by atoms with E-state index in [0.717, 1.165) is 11.8 Å². The van der Waals surface area contributed by atoms with Gasteiger partial charge in [0.2, 0.25) is 5.91 Å². The summed E-state index contributed by atoms with van der Waals surface area (Å²) in [5.74, 6) is 0.197. The lowest BCUT2D eigenvalue weighted by atomic mass is 9.87. The Morgan fingerprint density at radius 3 is 2.60 bits per heavy atom. The van der Waals surface area contributed by atoms with Crippen molar-refractivity contribution < 1.29 is 14.5 Å². The first kappa shape index (κ1) is 18.4. The van der Waals surface area contributed by atoms with E-state index < -0.39 is 11.0 Å². The van der Waals surface area contributed by atoms with Crippen molar-refractivity contribution >= 4 is 17.3 Å². The number of carbonyl (C=O) groups excluding carboxylic acids is 1. The third-order valence-electron chi connectivity index (χ3n) is 3.90. The van der Waals surface area contributed by atoms with Crippen LogP contribution < -0.4 is 10.1 Å². The zero-order chi connectivity index (χ0) is 18.8. The highest BCUT2D eigenvalue weighted by atomic mass is 16.6. The molecule has 1 aromatic carbocycles. The van der Waals surface area contributed by atoms with E-state index in [1.807, 2.05) is 12.1 Å². The van der Waals surface area contributed by atoms with Crippen LogP contribution in [0.4, 0.5) is 11.4 Å². The van der Waals surface area contributed by atoms with Crippen LogP contribution in [0.2, 0.25) is 0 Å². The van der Waals surface area contributed by atoms with Gasteiger partial charge in [0.25, 0.3) is 0 Å². The van der Waals surface area contributed by atoms with Crippen LogP contribution in [0.5, 0.6) is 5.75 Å². The number of aromatic nitrogens is 2. The number of anilines is 1. The third kappa shape index (κ3) is 4.14. The first-order valence-corrected chi connectivity index (χ1v) is 7.81. The van der Waals surface area contributed by atoms with Crippen molar-refractivity contribution in [1.82, 2.24) is 9.78 Å². The molecule has 25 heavy (non-hydrogen) atoms. The van der Waals surface area contributed by atoms with Gasteiger partial charge in [-0.2, -0.15) is 5.10 Å². The number of hydrogen-bond acceptors (Lipinski definition) is 5. The monoisotopic (exact) mass is 346 g/mol. The van der Waals surface area contributed by atoms with Gasteiger partial charge in [-0.15, -0.1) is 0 Å². The van der Waals surface area contributed by atoms with Crippen LogP contribution in [0, 0.1) is 10.1 Å². The number of amides is 1. The van der Waals surface area contributed by atoms with E-state index >= 15 is 0 Å². The lowest BCUT2D eigenvalue weighted by molar-refractivity contribution is -0.385. The fraction of sp³-hybridized carbons (Fsp3) is 0.412. The molecule has 0 spiro atoms. The predicted octanol–water partition coefficient (Wildman–Crippen LogP) is 3.30. The molecular weight excluding hydrogens is 324 g/mol. The molecule has 1 aromatic heterocycles. The minimum Gasteiger partial charge on any atom is -0.495 e. The second kappa shape index (κ2) is 6.92. The standard InChI is InChI=1S/C17H22N4O4/c1-11(20-10-13(9-18-20)21(23)24)16(22)19-14-8-12(17(2,3)4)6-7-15(14)25-5/h6-11H,1-5H3,(H,19,22). The Morgan fingerprint density at radius 2 is 2.08 bits per heavy atom. The van der Waals surface area contributed by atoms with Gasteiger partial charge in [0.15, 0.2) is 0 Å². The van der Waals surface area contributed by atoms with Gasteiger partial charge in [-0.3, -0.25) is 19.6 Å². The third-order valence-corrected chi connectivity index (χ3v) is 3.90. The summed E-state index contributed by atoms with van der Waals surface area (Å²) >= 11 is 0.